The monoisotopic (exact) mass is 216 g/mol. The maximum Gasteiger partial charge on any atom is 0.316 e. The van der Waals surface area contributed by atoms with Gasteiger partial charge in [0, 0.05) is 6.54 Å². The summed E-state index contributed by atoms with van der Waals surface area (Å²) < 4.78 is 1.60. The van der Waals surface area contributed by atoms with E-state index in [4.69, 9.17) is 0 Å². The first-order valence-corrected chi connectivity index (χ1v) is 5.44. The van der Waals surface area contributed by atoms with Crippen molar-refractivity contribution >= 4 is 11.0 Å². The molecule has 0 spiro atoms. The van der Waals surface area contributed by atoms with E-state index in [1.165, 1.54) is 0 Å². The first kappa shape index (κ1) is 9.39. The van der Waals surface area contributed by atoms with E-state index in [1.54, 1.807) is 4.57 Å². The molecule has 4 heteroatoms. The van der Waals surface area contributed by atoms with Gasteiger partial charge in [-0.15, -0.1) is 0 Å². The van der Waals surface area contributed by atoms with E-state index in [0.29, 0.717) is 12.5 Å². The van der Waals surface area contributed by atoms with Crippen LogP contribution in [0.5, 0.6) is 0 Å². The Morgan fingerprint density at radius 1 is 1.38 bits per heavy atom. The number of nitrogens with one attached hydrogen (secondary N) is 1. The van der Waals surface area contributed by atoms with E-state index in [2.05, 4.69) is 11.9 Å². The van der Waals surface area contributed by atoms with E-state index in [-0.39, 0.29) is 0 Å². The summed E-state index contributed by atoms with van der Waals surface area (Å²) >= 11 is 0. The average molecular weight is 216 g/mol. The lowest BCUT2D eigenvalue weighted by Crippen LogP contribution is -2.38. The first-order chi connectivity index (χ1) is 7.68. The fourth-order valence-corrected chi connectivity index (χ4v) is 2.45. The van der Waals surface area contributed by atoms with Gasteiger partial charge >= 0.3 is 11.1 Å². The molecule has 0 amide bonds. The number of nitrogens with zero attached hydrogens (tertiary/aromatic N) is 1. The summed E-state index contributed by atoms with van der Waals surface area (Å²) in [4.78, 5) is 25.8. The normalized spacial score (nSPS) is 18.9. The van der Waals surface area contributed by atoms with Crippen molar-refractivity contribution in [2.45, 2.75) is 25.8 Å². The van der Waals surface area contributed by atoms with Crippen LogP contribution in [0.1, 0.15) is 24.8 Å². The van der Waals surface area contributed by atoms with E-state index in [9.17, 15) is 9.59 Å². The Labute approximate surface area is 91.5 Å². The molecule has 1 atom stereocenters. The van der Waals surface area contributed by atoms with Gasteiger partial charge in [0.15, 0.2) is 0 Å². The van der Waals surface area contributed by atoms with Gasteiger partial charge in [0.05, 0.1) is 11.0 Å². The summed E-state index contributed by atoms with van der Waals surface area (Å²) in [6.07, 6.45) is 0.912. The Kier molecular flexibility index (Phi) is 1.80. The molecule has 1 aromatic heterocycles. The number of aromatic nitrogens is 2. The Bertz CT molecular complexity index is 681. The molecule has 0 bridgehead atoms. The summed E-state index contributed by atoms with van der Waals surface area (Å²) in [5.41, 5.74) is 1.84. The van der Waals surface area contributed by atoms with Crippen LogP contribution in [0, 0.1) is 0 Å². The molecule has 2 heterocycles. The number of hydrogen-bond acceptors (Lipinski definition) is 2. The van der Waals surface area contributed by atoms with Crippen LogP contribution in [0.25, 0.3) is 11.0 Å². The summed E-state index contributed by atoms with van der Waals surface area (Å²) in [7, 11) is 0. The van der Waals surface area contributed by atoms with Crippen LogP contribution in [-0.4, -0.2) is 9.55 Å². The van der Waals surface area contributed by atoms with Gasteiger partial charge in [-0.1, -0.05) is 19.1 Å². The number of hydrogen-bond donors (Lipinski definition) is 1. The molecule has 0 aliphatic carbocycles. The minimum atomic E-state index is -0.529. The molecule has 1 aliphatic rings. The van der Waals surface area contributed by atoms with Crippen LogP contribution in [0.3, 0.4) is 0 Å². The van der Waals surface area contributed by atoms with Gasteiger partial charge in [-0.25, -0.2) is 0 Å². The molecule has 16 heavy (non-hydrogen) atoms. The lowest BCUT2D eigenvalue weighted by molar-refractivity contribution is 0.545. The standard InChI is InChI=1S/C12H12N2O2/c1-7-5-6-14-10-8(7)3-2-4-9(10)13-11(15)12(14)16/h2-4,7H,5-6H2,1H3,(H,13,15). The van der Waals surface area contributed by atoms with Crippen LogP contribution >= 0.6 is 0 Å². The predicted molar refractivity (Wildman–Crippen MR) is 61.9 cm³/mol. The van der Waals surface area contributed by atoms with Crippen LogP contribution in [-0.2, 0) is 6.54 Å². The number of benzene rings is 1. The van der Waals surface area contributed by atoms with E-state index >= 15 is 0 Å². The van der Waals surface area contributed by atoms with Crippen molar-refractivity contribution in [3.8, 4) is 0 Å². The first-order valence-electron chi connectivity index (χ1n) is 5.44. The van der Waals surface area contributed by atoms with Crippen molar-refractivity contribution in [2.75, 3.05) is 0 Å². The van der Waals surface area contributed by atoms with E-state index in [0.717, 1.165) is 23.0 Å². The molecule has 1 aliphatic heterocycles. The van der Waals surface area contributed by atoms with Crippen molar-refractivity contribution < 1.29 is 0 Å². The lowest BCUT2D eigenvalue weighted by atomic mass is 9.93. The molecule has 1 N–H and O–H groups in total. The number of H-pyrrole nitrogens is 1. The van der Waals surface area contributed by atoms with Gasteiger partial charge < -0.3 is 9.55 Å². The second kappa shape index (κ2) is 3.07. The zero-order valence-electron chi connectivity index (χ0n) is 8.99. The van der Waals surface area contributed by atoms with Crippen molar-refractivity contribution in [3.05, 3.63) is 44.5 Å². The summed E-state index contributed by atoms with van der Waals surface area (Å²) in [6.45, 7) is 2.78. The fourth-order valence-electron chi connectivity index (χ4n) is 2.45. The minimum Gasteiger partial charge on any atom is -0.316 e. The molecule has 4 nitrogen and oxygen atoms in total. The highest BCUT2D eigenvalue weighted by Gasteiger charge is 2.20. The van der Waals surface area contributed by atoms with Gasteiger partial charge in [-0.2, -0.15) is 0 Å². The molecule has 0 radical (unpaired) electrons. The molecule has 0 saturated carbocycles. The van der Waals surface area contributed by atoms with Gasteiger partial charge in [-0.05, 0) is 24.0 Å². The van der Waals surface area contributed by atoms with Crippen molar-refractivity contribution in [1.82, 2.24) is 9.55 Å². The van der Waals surface area contributed by atoms with Crippen molar-refractivity contribution in [1.29, 1.82) is 0 Å². The van der Waals surface area contributed by atoms with Crippen LogP contribution in [0.15, 0.2) is 27.8 Å². The van der Waals surface area contributed by atoms with Crippen molar-refractivity contribution in [2.24, 2.45) is 0 Å². The number of aromatic amines is 1. The minimum absolute atomic E-state index is 0.438. The third-order valence-corrected chi connectivity index (χ3v) is 3.34. The molecule has 2 aromatic rings. The third-order valence-electron chi connectivity index (χ3n) is 3.34. The highest BCUT2D eigenvalue weighted by atomic mass is 16.2. The Hall–Kier alpha value is -1.84. The Balaban J connectivity index is 2.59. The fraction of sp³-hybridized carbons (Fsp3) is 0.333. The van der Waals surface area contributed by atoms with Gasteiger partial charge in [-0.3, -0.25) is 9.59 Å². The predicted octanol–water partition coefficient (Wildman–Crippen LogP) is 1.20. The summed E-state index contributed by atoms with van der Waals surface area (Å²) in [5, 5.41) is 0. The molecular formula is C12H12N2O2. The summed E-state index contributed by atoms with van der Waals surface area (Å²) in [6, 6.07) is 5.79. The quantitative estimate of drug-likeness (QED) is 0.673. The average Bonchev–Trinajstić information content (AvgIpc) is 2.28. The topological polar surface area (TPSA) is 54.9 Å². The largest absolute Gasteiger partial charge is 0.316 e. The zero-order valence-corrected chi connectivity index (χ0v) is 8.99. The van der Waals surface area contributed by atoms with E-state index < -0.39 is 11.1 Å². The van der Waals surface area contributed by atoms with Crippen molar-refractivity contribution in [3.63, 3.8) is 0 Å². The second-order valence-corrected chi connectivity index (χ2v) is 4.34. The number of para-hydroxylation sites is 1. The van der Waals surface area contributed by atoms with Crippen LogP contribution in [0.4, 0.5) is 0 Å². The van der Waals surface area contributed by atoms with Gasteiger partial charge in [0.2, 0.25) is 0 Å². The lowest BCUT2D eigenvalue weighted by Gasteiger charge is -2.23. The smallest absolute Gasteiger partial charge is 0.316 e. The SMILES string of the molecule is CC1CCn2c(=O)c(=O)[nH]c3cccc1c32. The molecule has 82 valence electrons. The molecular weight excluding hydrogens is 204 g/mol. The Morgan fingerprint density at radius 3 is 3.00 bits per heavy atom. The number of aryl methyl sites for hydroxylation is 1. The third kappa shape index (κ3) is 1.10. The zero-order chi connectivity index (χ0) is 11.3. The number of rotatable bonds is 0. The maximum atomic E-state index is 11.7. The maximum absolute atomic E-state index is 11.7. The molecule has 3 rings (SSSR count). The van der Waals surface area contributed by atoms with E-state index in [1.807, 2.05) is 18.2 Å². The highest BCUT2D eigenvalue weighted by molar-refractivity contribution is 5.79. The Morgan fingerprint density at radius 2 is 2.19 bits per heavy atom. The molecule has 1 unspecified atom stereocenters. The molecule has 0 saturated heterocycles. The van der Waals surface area contributed by atoms with Crippen LogP contribution in [0.2, 0.25) is 0 Å². The highest BCUT2D eigenvalue weighted by Crippen LogP contribution is 2.29. The summed E-state index contributed by atoms with van der Waals surface area (Å²) in [5.74, 6) is 0.439. The van der Waals surface area contributed by atoms with Gasteiger partial charge in [0.1, 0.15) is 0 Å². The van der Waals surface area contributed by atoms with Crippen LogP contribution < -0.4 is 11.1 Å². The molecule has 1 aromatic carbocycles. The van der Waals surface area contributed by atoms with Gasteiger partial charge in [0.25, 0.3) is 0 Å². The molecule has 0 fully saturated rings. The second-order valence-electron chi connectivity index (χ2n) is 4.34.